The van der Waals surface area contributed by atoms with E-state index in [0.29, 0.717) is 6.54 Å². The third-order valence-corrected chi connectivity index (χ3v) is 2.29. The molecule has 0 aromatic heterocycles. The second-order valence-electron chi connectivity index (χ2n) is 2.61. The van der Waals surface area contributed by atoms with Crippen LogP contribution in [0.5, 0.6) is 0 Å². The summed E-state index contributed by atoms with van der Waals surface area (Å²) in [5.41, 5.74) is 0.905. The van der Waals surface area contributed by atoms with E-state index >= 15 is 0 Å². The molecule has 0 bridgehead atoms. The summed E-state index contributed by atoms with van der Waals surface area (Å²) < 4.78 is 12.9. The molecule has 0 radical (unpaired) electrons. The van der Waals surface area contributed by atoms with Crippen molar-refractivity contribution in [2.24, 2.45) is 0 Å². The van der Waals surface area contributed by atoms with Gasteiger partial charge in [0.25, 0.3) is 0 Å². The van der Waals surface area contributed by atoms with Gasteiger partial charge in [-0.15, -0.1) is 0 Å². The van der Waals surface area contributed by atoms with Gasteiger partial charge in [0.1, 0.15) is 5.82 Å². The number of hydrogen-bond acceptors (Lipinski definition) is 1. The molecule has 0 aliphatic heterocycles. The van der Waals surface area contributed by atoms with Gasteiger partial charge in [-0.3, -0.25) is 0 Å². The smallest absolute Gasteiger partial charge is 0.142 e. The Labute approximate surface area is 90.4 Å². The monoisotopic (exact) mass is 265 g/mol. The van der Waals surface area contributed by atoms with Crippen molar-refractivity contribution in [3.05, 3.63) is 34.6 Å². The summed E-state index contributed by atoms with van der Waals surface area (Å²) >= 11 is 8.83. The number of halogens is 3. The first kappa shape index (κ1) is 11.0. The van der Waals surface area contributed by atoms with Gasteiger partial charge in [-0.2, -0.15) is 0 Å². The van der Waals surface area contributed by atoms with Crippen LogP contribution in [-0.4, -0.2) is 11.9 Å². The molecule has 0 heterocycles. The first-order valence-electron chi connectivity index (χ1n) is 3.94. The van der Waals surface area contributed by atoms with Crippen LogP contribution in [0.25, 0.3) is 0 Å². The molecule has 0 aliphatic carbocycles. The molecule has 13 heavy (non-hydrogen) atoms. The predicted molar refractivity (Wildman–Crippen MR) is 56.9 cm³/mol. The van der Waals surface area contributed by atoms with Gasteiger partial charge in [-0.05, 0) is 17.7 Å². The fourth-order valence-corrected chi connectivity index (χ4v) is 1.35. The van der Waals surface area contributed by atoms with Crippen molar-refractivity contribution in [2.45, 2.75) is 6.54 Å². The first-order chi connectivity index (χ1) is 6.24. The van der Waals surface area contributed by atoms with Crippen LogP contribution in [0, 0.1) is 5.82 Å². The Morgan fingerprint density at radius 2 is 2.23 bits per heavy atom. The molecular weight excluding hydrogens is 256 g/mol. The summed E-state index contributed by atoms with van der Waals surface area (Å²) in [4.78, 5) is 0. The van der Waals surface area contributed by atoms with Crippen molar-refractivity contribution < 1.29 is 4.39 Å². The van der Waals surface area contributed by atoms with Crippen molar-refractivity contribution in [3.63, 3.8) is 0 Å². The molecule has 1 nitrogen and oxygen atoms in total. The summed E-state index contributed by atoms with van der Waals surface area (Å²) in [7, 11) is 0. The van der Waals surface area contributed by atoms with Gasteiger partial charge in [0.15, 0.2) is 0 Å². The van der Waals surface area contributed by atoms with Crippen molar-refractivity contribution in [2.75, 3.05) is 11.9 Å². The Morgan fingerprint density at radius 1 is 1.46 bits per heavy atom. The quantitative estimate of drug-likeness (QED) is 0.653. The standard InChI is InChI=1S/C9H10BrClFN/c10-3-4-13-6-7-1-2-8(11)9(12)5-7/h1-2,5,13H,3-4,6H2. The van der Waals surface area contributed by atoms with Crippen LogP contribution < -0.4 is 5.32 Å². The SMILES string of the molecule is Fc1cc(CNCCBr)ccc1Cl. The number of alkyl halides is 1. The Balaban J connectivity index is 2.53. The van der Waals surface area contributed by atoms with Gasteiger partial charge >= 0.3 is 0 Å². The van der Waals surface area contributed by atoms with Crippen LogP contribution in [-0.2, 0) is 6.54 Å². The molecule has 0 unspecified atom stereocenters. The Bertz CT molecular complexity index is 280. The summed E-state index contributed by atoms with van der Waals surface area (Å²) in [5.74, 6) is -0.361. The highest BCUT2D eigenvalue weighted by Crippen LogP contribution is 2.15. The van der Waals surface area contributed by atoms with Gasteiger partial charge in [-0.1, -0.05) is 33.6 Å². The molecule has 0 spiro atoms. The lowest BCUT2D eigenvalue weighted by Gasteiger charge is -2.03. The fourth-order valence-electron chi connectivity index (χ4n) is 0.949. The van der Waals surface area contributed by atoms with E-state index in [1.165, 1.54) is 6.07 Å². The van der Waals surface area contributed by atoms with Crippen molar-refractivity contribution in [1.29, 1.82) is 0 Å². The summed E-state index contributed by atoms with van der Waals surface area (Å²) in [6, 6.07) is 4.83. The zero-order chi connectivity index (χ0) is 9.68. The van der Waals surface area contributed by atoms with Crippen LogP contribution in [0.1, 0.15) is 5.56 Å². The molecule has 0 atom stereocenters. The van der Waals surface area contributed by atoms with E-state index < -0.39 is 0 Å². The maximum Gasteiger partial charge on any atom is 0.142 e. The molecule has 1 N–H and O–H groups in total. The summed E-state index contributed by atoms with van der Waals surface area (Å²) in [6.45, 7) is 1.53. The topological polar surface area (TPSA) is 12.0 Å². The Morgan fingerprint density at radius 3 is 2.85 bits per heavy atom. The van der Waals surface area contributed by atoms with Crippen LogP contribution in [0.3, 0.4) is 0 Å². The lowest BCUT2D eigenvalue weighted by atomic mass is 10.2. The molecule has 0 amide bonds. The lowest BCUT2D eigenvalue weighted by molar-refractivity contribution is 0.622. The van der Waals surface area contributed by atoms with E-state index in [-0.39, 0.29) is 10.8 Å². The minimum absolute atomic E-state index is 0.171. The lowest BCUT2D eigenvalue weighted by Crippen LogP contribution is -2.15. The normalized spacial score (nSPS) is 10.4. The Hall–Kier alpha value is -0.120. The minimum atomic E-state index is -0.361. The Kier molecular flexibility index (Phi) is 4.70. The van der Waals surface area contributed by atoms with Crippen LogP contribution in [0.2, 0.25) is 5.02 Å². The van der Waals surface area contributed by atoms with Crippen molar-refractivity contribution >= 4 is 27.5 Å². The zero-order valence-corrected chi connectivity index (χ0v) is 9.33. The molecule has 72 valence electrons. The van der Waals surface area contributed by atoms with Crippen LogP contribution >= 0.6 is 27.5 Å². The van der Waals surface area contributed by atoms with E-state index in [1.807, 2.05) is 6.07 Å². The molecule has 0 aliphatic rings. The van der Waals surface area contributed by atoms with Crippen LogP contribution in [0.15, 0.2) is 18.2 Å². The van der Waals surface area contributed by atoms with Gasteiger partial charge in [0.2, 0.25) is 0 Å². The maximum absolute atomic E-state index is 12.9. The molecule has 4 heteroatoms. The van der Waals surface area contributed by atoms with Gasteiger partial charge in [-0.25, -0.2) is 4.39 Å². The number of benzene rings is 1. The van der Waals surface area contributed by atoms with E-state index in [4.69, 9.17) is 11.6 Å². The second kappa shape index (κ2) is 5.58. The summed E-state index contributed by atoms with van der Waals surface area (Å²) in [5, 5.41) is 4.20. The van der Waals surface area contributed by atoms with Crippen molar-refractivity contribution in [3.8, 4) is 0 Å². The largest absolute Gasteiger partial charge is 0.312 e. The van der Waals surface area contributed by atoms with E-state index in [0.717, 1.165) is 17.4 Å². The number of nitrogens with one attached hydrogen (secondary N) is 1. The highest BCUT2D eigenvalue weighted by Gasteiger charge is 1.99. The third-order valence-electron chi connectivity index (χ3n) is 1.58. The van der Waals surface area contributed by atoms with Gasteiger partial charge in [0, 0.05) is 18.4 Å². The molecule has 0 saturated heterocycles. The van der Waals surface area contributed by atoms with E-state index in [9.17, 15) is 4.39 Å². The van der Waals surface area contributed by atoms with Crippen molar-refractivity contribution in [1.82, 2.24) is 5.32 Å². The van der Waals surface area contributed by atoms with Gasteiger partial charge < -0.3 is 5.32 Å². The summed E-state index contributed by atoms with van der Waals surface area (Å²) in [6.07, 6.45) is 0. The molecule has 0 saturated carbocycles. The molecule has 1 rings (SSSR count). The number of hydrogen-bond donors (Lipinski definition) is 1. The number of rotatable bonds is 4. The van der Waals surface area contributed by atoms with Crippen LogP contribution in [0.4, 0.5) is 4.39 Å². The third kappa shape index (κ3) is 3.63. The predicted octanol–water partition coefficient (Wildman–Crippen LogP) is 2.96. The molecule has 1 aromatic carbocycles. The van der Waals surface area contributed by atoms with Gasteiger partial charge in [0.05, 0.1) is 5.02 Å². The maximum atomic E-state index is 12.9. The average Bonchev–Trinajstić information content (AvgIpc) is 2.12. The average molecular weight is 267 g/mol. The first-order valence-corrected chi connectivity index (χ1v) is 5.44. The molecule has 1 aromatic rings. The minimum Gasteiger partial charge on any atom is -0.312 e. The second-order valence-corrected chi connectivity index (χ2v) is 3.81. The fraction of sp³-hybridized carbons (Fsp3) is 0.333. The highest BCUT2D eigenvalue weighted by molar-refractivity contribution is 9.09. The molecular formula is C9H10BrClFN. The molecule has 0 fully saturated rings. The van der Waals surface area contributed by atoms with E-state index in [2.05, 4.69) is 21.2 Å². The zero-order valence-electron chi connectivity index (χ0n) is 6.99. The van der Waals surface area contributed by atoms with E-state index in [1.54, 1.807) is 6.07 Å². The highest BCUT2D eigenvalue weighted by atomic mass is 79.9.